The lowest BCUT2D eigenvalue weighted by atomic mass is 10.1. The number of halogens is 2. The molecule has 0 spiro atoms. The van der Waals surface area contributed by atoms with E-state index in [0.717, 1.165) is 17.6 Å². The third kappa shape index (κ3) is 7.21. The maximum Gasteiger partial charge on any atom is 0.272 e. The second-order valence-corrected chi connectivity index (χ2v) is 9.05. The number of pyridine rings is 1. The fraction of sp³-hybridized carbons (Fsp3) is 0.320. The molecule has 0 aliphatic carbocycles. The Balaban J connectivity index is 1.61. The molecule has 2 aromatic rings. The number of benzene rings is 1. The van der Waals surface area contributed by atoms with E-state index in [-0.39, 0.29) is 24.4 Å². The highest BCUT2D eigenvalue weighted by Gasteiger charge is 2.29. The largest absolute Gasteiger partial charge is 0.376 e. The van der Waals surface area contributed by atoms with Crippen LogP contribution < -0.4 is 21.7 Å². The molecule has 1 aliphatic heterocycles. The summed E-state index contributed by atoms with van der Waals surface area (Å²) in [4.78, 5) is 31.6. The van der Waals surface area contributed by atoms with Crippen LogP contribution in [0.5, 0.6) is 0 Å². The molecular weight excluding hydrogens is 487 g/mol. The van der Waals surface area contributed by atoms with E-state index in [0.29, 0.717) is 46.8 Å². The minimum Gasteiger partial charge on any atom is -0.376 e. The second-order valence-electron chi connectivity index (χ2n) is 8.23. The molecule has 1 aliphatic rings. The highest BCUT2D eigenvalue weighted by Crippen LogP contribution is 2.22. The Morgan fingerprint density at radius 3 is 2.60 bits per heavy atom. The Morgan fingerprint density at radius 1 is 1.20 bits per heavy atom. The summed E-state index contributed by atoms with van der Waals surface area (Å²) in [5.41, 5.74) is 8.51. The minimum atomic E-state index is -0.304. The molecule has 1 saturated heterocycles. The van der Waals surface area contributed by atoms with Crippen molar-refractivity contribution in [3.63, 3.8) is 0 Å². The van der Waals surface area contributed by atoms with Crippen LogP contribution in [-0.4, -0.2) is 47.4 Å². The molecule has 3 rings (SSSR count). The van der Waals surface area contributed by atoms with E-state index in [4.69, 9.17) is 28.9 Å². The van der Waals surface area contributed by atoms with Gasteiger partial charge in [-0.05, 0) is 61.7 Å². The molecule has 10 heteroatoms. The van der Waals surface area contributed by atoms with Crippen molar-refractivity contribution in [3.8, 4) is 0 Å². The zero-order chi connectivity index (χ0) is 25.4. The number of carbonyl (C=O) groups excluding carboxylic acids is 2. The maximum atomic E-state index is 13.2. The Morgan fingerprint density at radius 2 is 1.94 bits per heavy atom. The van der Waals surface area contributed by atoms with Gasteiger partial charge in [0.1, 0.15) is 11.5 Å². The van der Waals surface area contributed by atoms with E-state index >= 15 is 0 Å². The molecule has 1 atom stereocenters. The lowest BCUT2D eigenvalue weighted by Crippen LogP contribution is -2.42. The average molecular weight is 517 g/mol. The summed E-state index contributed by atoms with van der Waals surface area (Å²) in [6.45, 7) is 5.40. The van der Waals surface area contributed by atoms with Crippen LogP contribution in [0.2, 0.25) is 10.0 Å². The summed E-state index contributed by atoms with van der Waals surface area (Å²) in [7, 11) is 0. The first kappa shape index (κ1) is 26.5. The van der Waals surface area contributed by atoms with Crippen LogP contribution >= 0.6 is 23.2 Å². The van der Waals surface area contributed by atoms with E-state index in [9.17, 15) is 9.59 Å². The number of likely N-dealkylation sites (tertiary alicyclic amines) is 1. The second kappa shape index (κ2) is 12.6. The van der Waals surface area contributed by atoms with Crippen molar-refractivity contribution in [2.75, 3.05) is 19.6 Å². The number of amides is 2. The lowest BCUT2D eigenvalue weighted by Gasteiger charge is -2.21. The predicted octanol–water partition coefficient (Wildman–Crippen LogP) is 3.19. The van der Waals surface area contributed by atoms with Crippen LogP contribution in [0, 0.1) is 0 Å². The molecule has 2 amide bonds. The van der Waals surface area contributed by atoms with E-state index in [1.807, 2.05) is 19.9 Å². The Hall–Kier alpha value is -3.07. The standard InChI is InChI=1S/C25H30Cl2N6O2/c1-3-22(30-14-17-4-5-20(26)21(27)12-17)32-24(34)23(16(2)13-28)31-19-8-11-33(15-19)25(35)18-6-9-29-10-7-18/h3-7,9-10,12,19,30-31H,8,11,13-15,28H2,1-2H3,(H,32,34)/b22-3+,23-16-. The van der Waals surface area contributed by atoms with Gasteiger partial charge in [0.2, 0.25) is 0 Å². The van der Waals surface area contributed by atoms with Gasteiger partial charge in [-0.15, -0.1) is 0 Å². The van der Waals surface area contributed by atoms with Gasteiger partial charge in [0.15, 0.2) is 0 Å². The SMILES string of the molecule is C/C=C(\NCc1ccc(Cl)c(Cl)c1)NC(=O)/C(NC1CCN(C(=O)c2ccncc2)C1)=C(\C)CN. The molecular formula is C25H30Cl2N6O2. The van der Waals surface area contributed by atoms with Gasteiger partial charge in [-0.25, -0.2) is 0 Å². The number of hydrogen-bond acceptors (Lipinski definition) is 6. The zero-order valence-corrected chi connectivity index (χ0v) is 21.3. The summed E-state index contributed by atoms with van der Waals surface area (Å²) in [6.07, 6.45) is 5.69. The highest BCUT2D eigenvalue weighted by atomic mass is 35.5. The van der Waals surface area contributed by atoms with Crippen LogP contribution in [0.4, 0.5) is 0 Å². The molecule has 186 valence electrons. The Kier molecular flexibility index (Phi) is 9.54. The number of carbonyl (C=O) groups is 2. The topological polar surface area (TPSA) is 112 Å². The van der Waals surface area contributed by atoms with Gasteiger partial charge >= 0.3 is 0 Å². The number of hydrogen-bond donors (Lipinski definition) is 4. The Labute approximate surface area is 215 Å². The molecule has 2 heterocycles. The molecule has 1 aromatic heterocycles. The van der Waals surface area contributed by atoms with E-state index in [1.54, 1.807) is 47.6 Å². The van der Waals surface area contributed by atoms with Gasteiger partial charge in [0.05, 0.1) is 10.0 Å². The first-order chi connectivity index (χ1) is 16.8. The normalized spacial score (nSPS) is 16.5. The highest BCUT2D eigenvalue weighted by molar-refractivity contribution is 6.42. The van der Waals surface area contributed by atoms with Gasteiger partial charge in [-0.3, -0.25) is 14.6 Å². The van der Waals surface area contributed by atoms with Crippen molar-refractivity contribution >= 4 is 35.0 Å². The fourth-order valence-electron chi connectivity index (χ4n) is 3.68. The van der Waals surface area contributed by atoms with Gasteiger partial charge in [0, 0.05) is 50.2 Å². The number of allylic oxidation sites excluding steroid dienone is 1. The summed E-state index contributed by atoms with van der Waals surface area (Å²) in [5, 5.41) is 10.4. The van der Waals surface area contributed by atoms with Gasteiger partial charge in [0.25, 0.3) is 11.8 Å². The quantitative estimate of drug-likeness (QED) is 0.380. The van der Waals surface area contributed by atoms with Crippen molar-refractivity contribution in [2.24, 2.45) is 5.73 Å². The first-order valence-electron chi connectivity index (χ1n) is 11.3. The van der Waals surface area contributed by atoms with Gasteiger partial charge in [-0.1, -0.05) is 29.3 Å². The first-order valence-corrected chi connectivity index (χ1v) is 12.1. The molecule has 0 radical (unpaired) electrons. The van der Waals surface area contributed by atoms with Gasteiger partial charge in [-0.2, -0.15) is 0 Å². The lowest BCUT2D eigenvalue weighted by molar-refractivity contribution is -0.117. The van der Waals surface area contributed by atoms with Crippen LogP contribution in [0.3, 0.4) is 0 Å². The predicted molar refractivity (Wildman–Crippen MR) is 139 cm³/mol. The number of aromatic nitrogens is 1. The van der Waals surface area contributed by atoms with Crippen molar-refractivity contribution < 1.29 is 9.59 Å². The summed E-state index contributed by atoms with van der Waals surface area (Å²) >= 11 is 12.1. The summed E-state index contributed by atoms with van der Waals surface area (Å²) in [6, 6.07) is 8.70. The smallest absolute Gasteiger partial charge is 0.272 e. The molecule has 8 nitrogen and oxygen atoms in total. The monoisotopic (exact) mass is 516 g/mol. The Bertz CT molecular complexity index is 1120. The molecule has 1 unspecified atom stereocenters. The van der Waals surface area contributed by atoms with Crippen LogP contribution in [0.25, 0.3) is 0 Å². The van der Waals surface area contributed by atoms with Crippen molar-refractivity contribution in [2.45, 2.75) is 32.9 Å². The van der Waals surface area contributed by atoms with Crippen molar-refractivity contribution in [1.29, 1.82) is 0 Å². The number of rotatable bonds is 9. The fourth-order valence-corrected chi connectivity index (χ4v) is 4.00. The van der Waals surface area contributed by atoms with E-state index in [2.05, 4.69) is 20.9 Å². The van der Waals surface area contributed by atoms with E-state index < -0.39 is 0 Å². The summed E-state index contributed by atoms with van der Waals surface area (Å²) < 4.78 is 0. The molecule has 5 N–H and O–H groups in total. The number of nitrogens with one attached hydrogen (secondary N) is 3. The summed E-state index contributed by atoms with van der Waals surface area (Å²) in [5.74, 6) is 0.192. The van der Waals surface area contributed by atoms with Crippen molar-refractivity contribution in [1.82, 2.24) is 25.8 Å². The minimum absolute atomic E-state index is 0.0510. The third-order valence-corrected chi connectivity index (χ3v) is 6.45. The molecule has 0 saturated carbocycles. The molecule has 0 bridgehead atoms. The number of nitrogens with zero attached hydrogens (tertiary/aromatic N) is 2. The molecule has 1 fully saturated rings. The maximum absolute atomic E-state index is 13.2. The van der Waals surface area contributed by atoms with Crippen LogP contribution in [0.1, 0.15) is 36.2 Å². The van der Waals surface area contributed by atoms with Crippen molar-refractivity contribution in [3.05, 3.63) is 87.1 Å². The number of nitrogens with two attached hydrogens (primary N) is 1. The molecule has 1 aromatic carbocycles. The van der Waals surface area contributed by atoms with Crippen LogP contribution in [0.15, 0.2) is 65.9 Å². The van der Waals surface area contributed by atoms with Gasteiger partial charge < -0.3 is 26.6 Å². The molecule has 35 heavy (non-hydrogen) atoms. The average Bonchev–Trinajstić information content (AvgIpc) is 3.35. The van der Waals surface area contributed by atoms with Crippen LogP contribution in [-0.2, 0) is 11.3 Å². The third-order valence-electron chi connectivity index (χ3n) is 5.72. The van der Waals surface area contributed by atoms with E-state index in [1.165, 1.54) is 0 Å². The zero-order valence-electron chi connectivity index (χ0n) is 19.8.